The molecule has 1 aromatic heterocycles. The normalized spacial score (nSPS) is 22.8. The molecule has 2 rings (SSSR count). The summed E-state index contributed by atoms with van der Waals surface area (Å²) in [6.45, 7) is 5.54. The monoisotopic (exact) mass is 280 g/mol. The minimum atomic E-state index is -0.0804. The maximum Gasteiger partial charge on any atom is 0.308 e. The molecule has 0 unspecified atom stereocenters. The van der Waals surface area contributed by atoms with Crippen molar-refractivity contribution in [2.75, 3.05) is 7.11 Å². The molecular weight excluding hydrogens is 256 g/mol. The lowest BCUT2D eigenvalue weighted by atomic mass is 9.87. The van der Waals surface area contributed by atoms with E-state index in [4.69, 9.17) is 9.47 Å². The van der Waals surface area contributed by atoms with E-state index in [0.29, 0.717) is 6.61 Å². The van der Waals surface area contributed by atoms with Crippen LogP contribution >= 0.6 is 0 Å². The second-order valence-corrected chi connectivity index (χ2v) is 5.40. The zero-order valence-electron chi connectivity index (χ0n) is 12.6. The highest BCUT2D eigenvalue weighted by Crippen LogP contribution is 2.27. The molecule has 0 saturated heterocycles. The van der Waals surface area contributed by atoms with Gasteiger partial charge in [-0.15, -0.1) is 0 Å². The molecule has 1 fully saturated rings. The van der Waals surface area contributed by atoms with Crippen molar-refractivity contribution in [3.8, 4) is 0 Å². The predicted molar refractivity (Wildman–Crippen MR) is 75.2 cm³/mol. The fraction of sp³-hybridized carbons (Fsp3) is 0.733. The van der Waals surface area contributed by atoms with E-state index in [-0.39, 0.29) is 18.0 Å². The van der Waals surface area contributed by atoms with Crippen molar-refractivity contribution >= 4 is 5.97 Å². The van der Waals surface area contributed by atoms with Gasteiger partial charge in [-0.3, -0.25) is 9.48 Å². The fourth-order valence-corrected chi connectivity index (χ4v) is 2.82. The number of nitrogens with zero attached hydrogens (tertiary/aromatic N) is 2. The lowest BCUT2D eigenvalue weighted by molar-refractivity contribution is -0.147. The van der Waals surface area contributed by atoms with E-state index in [1.54, 1.807) is 0 Å². The molecule has 0 spiro atoms. The summed E-state index contributed by atoms with van der Waals surface area (Å²) >= 11 is 0. The first-order valence-corrected chi connectivity index (χ1v) is 7.36. The van der Waals surface area contributed by atoms with Crippen LogP contribution in [0.5, 0.6) is 0 Å². The number of aryl methyl sites for hydroxylation is 2. The number of aromatic nitrogens is 2. The van der Waals surface area contributed by atoms with Gasteiger partial charge in [0.05, 0.1) is 37.1 Å². The summed E-state index contributed by atoms with van der Waals surface area (Å²) in [5, 5.41) is 4.41. The number of carbonyl (C=O) groups excluding carboxylic acids is 1. The number of methoxy groups -OCH3 is 1. The van der Waals surface area contributed by atoms with E-state index in [9.17, 15) is 4.79 Å². The molecule has 1 aliphatic carbocycles. The molecule has 0 aliphatic heterocycles. The van der Waals surface area contributed by atoms with Gasteiger partial charge in [0.25, 0.3) is 0 Å². The largest absolute Gasteiger partial charge is 0.469 e. The molecule has 0 aromatic carbocycles. The zero-order chi connectivity index (χ0) is 14.5. The molecule has 1 aromatic rings. The summed E-state index contributed by atoms with van der Waals surface area (Å²) in [5.74, 6) is -0.0219. The number of ether oxygens (including phenoxy) is 2. The number of hydrogen-bond donors (Lipinski definition) is 0. The van der Waals surface area contributed by atoms with E-state index < -0.39 is 0 Å². The van der Waals surface area contributed by atoms with Gasteiger partial charge in [-0.1, -0.05) is 0 Å². The van der Waals surface area contributed by atoms with Crippen LogP contribution in [0.15, 0.2) is 6.07 Å². The quantitative estimate of drug-likeness (QED) is 0.777. The van der Waals surface area contributed by atoms with Crippen molar-refractivity contribution < 1.29 is 14.3 Å². The van der Waals surface area contributed by atoms with Gasteiger partial charge in [0.2, 0.25) is 0 Å². The third-order valence-electron chi connectivity index (χ3n) is 3.96. The molecule has 5 heteroatoms. The average Bonchev–Trinajstić information content (AvgIpc) is 2.85. The Hall–Kier alpha value is -1.36. The molecule has 1 heterocycles. The van der Waals surface area contributed by atoms with Crippen molar-refractivity contribution in [2.24, 2.45) is 5.92 Å². The van der Waals surface area contributed by atoms with E-state index in [1.807, 2.05) is 11.6 Å². The Labute approximate surface area is 120 Å². The van der Waals surface area contributed by atoms with Gasteiger partial charge in [-0.25, -0.2) is 0 Å². The third-order valence-corrected chi connectivity index (χ3v) is 3.96. The molecule has 0 radical (unpaired) electrons. The molecule has 0 amide bonds. The molecule has 0 bridgehead atoms. The van der Waals surface area contributed by atoms with Gasteiger partial charge in [-0.05, 0) is 45.6 Å². The van der Waals surface area contributed by atoms with E-state index in [1.165, 1.54) is 7.11 Å². The number of rotatable bonds is 5. The fourth-order valence-electron chi connectivity index (χ4n) is 2.82. The second-order valence-electron chi connectivity index (χ2n) is 5.40. The number of hydrogen-bond acceptors (Lipinski definition) is 4. The van der Waals surface area contributed by atoms with Crippen LogP contribution < -0.4 is 0 Å². The second kappa shape index (κ2) is 6.88. The van der Waals surface area contributed by atoms with E-state index in [0.717, 1.165) is 43.6 Å². The first-order chi connectivity index (χ1) is 9.63. The van der Waals surface area contributed by atoms with Crippen LogP contribution in [0.3, 0.4) is 0 Å². The minimum absolute atomic E-state index is 0.0586. The van der Waals surface area contributed by atoms with Gasteiger partial charge in [0.1, 0.15) is 0 Å². The Morgan fingerprint density at radius 1 is 1.40 bits per heavy atom. The summed E-state index contributed by atoms with van der Waals surface area (Å²) in [4.78, 5) is 11.5. The molecule has 20 heavy (non-hydrogen) atoms. The van der Waals surface area contributed by atoms with Gasteiger partial charge in [0.15, 0.2) is 0 Å². The lowest BCUT2D eigenvalue weighted by Gasteiger charge is -2.27. The molecule has 112 valence electrons. The zero-order valence-corrected chi connectivity index (χ0v) is 12.6. The number of esters is 1. The first kappa shape index (κ1) is 15.0. The standard InChI is InChI=1S/C15H24N2O3/c1-4-17-13(9-11(2)16-17)10-20-14-7-5-12(6-8-14)15(18)19-3/h9,12,14H,4-8,10H2,1-3H3. The molecule has 0 atom stereocenters. The van der Waals surface area contributed by atoms with Crippen molar-refractivity contribution in [3.05, 3.63) is 17.5 Å². The minimum Gasteiger partial charge on any atom is -0.469 e. The van der Waals surface area contributed by atoms with Crippen molar-refractivity contribution in [2.45, 2.75) is 58.8 Å². The SMILES string of the molecule is CCn1nc(C)cc1COC1CCC(C(=O)OC)CC1. The van der Waals surface area contributed by atoms with E-state index in [2.05, 4.69) is 18.1 Å². The van der Waals surface area contributed by atoms with Gasteiger partial charge in [0, 0.05) is 6.54 Å². The first-order valence-electron chi connectivity index (χ1n) is 7.36. The number of carbonyl (C=O) groups is 1. The Balaban J connectivity index is 1.80. The maximum absolute atomic E-state index is 11.5. The predicted octanol–water partition coefficient (Wildman–Crippen LogP) is 2.46. The summed E-state index contributed by atoms with van der Waals surface area (Å²) in [7, 11) is 1.46. The van der Waals surface area contributed by atoms with E-state index >= 15 is 0 Å². The van der Waals surface area contributed by atoms with Crippen molar-refractivity contribution in [1.29, 1.82) is 0 Å². The van der Waals surface area contributed by atoms with Crippen LogP contribution in [0.4, 0.5) is 0 Å². The lowest BCUT2D eigenvalue weighted by Crippen LogP contribution is -2.27. The smallest absolute Gasteiger partial charge is 0.308 e. The molecule has 1 aliphatic rings. The van der Waals surface area contributed by atoms with Crippen LogP contribution in [0.2, 0.25) is 0 Å². The summed E-state index contributed by atoms with van der Waals surface area (Å²) in [6, 6.07) is 2.07. The molecular formula is C15H24N2O3. The highest BCUT2D eigenvalue weighted by Gasteiger charge is 2.27. The summed E-state index contributed by atoms with van der Waals surface area (Å²) in [6.07, 6.45) is 3.83. The Bertz CT molecular complexity index is 448. The van der Waals surface area contributed by atoms with Gasteiger partial charge >= 0.3 is 5.97 Å². The van der Waals surface area contributed by atoms with Crippen molar-refractivity contribution in [1.82, 2.24) is 9.78 Å². The summed E-state index contributed by atoms with van der Waals surface area (Å²) in [5.41, 5.74) is 2.15. The highest BCUT2D eigenvalue weighted by atomic mass is 16.5. The van der Waals surface area contributed by atoms with Gasteiger partial charge in [-0.2, -0.15) is 5.10 Å². The van der Waals surface area contributed by atoms with Crippen molar-refractivity contribution in [3.63, 3.8) is 0 Å². The highest BCUT2D eigenvalue weighted by molar-refractivity contribution is 5.72. The van der Waals surface area contributed by atoms with Crippen LogP contribution in [-0.4, -0.2) is 29.0 Å². The topological polar surface area (TPSA) is 53.4 Å². The molecule has 1 saturated carbocycles. The van der Waals surface area contributed by atoms with Gasteiger partial charge < -0.3 is 9.47 Å². The average molecular weight is 280 g/mol. The Kier molecular flexibility index (Phi) is 5.17. The van der Waals surface area contributed by atoms with Crippen LogP contribution in [0.1, 0.15) is 44.0 Å². The molecule has 5 nitrogen and oxygen atoms in total. The van der Waals surface area contributed by atoms with Crippen LogP contribution in [0, 0.1) is 12.8 Å². The third kappa shape index (κ3) is 3.60. The Morgan fingerprint density at radius 3 is 2.70 bits per heavy atom. The Morgan fingerprint density at radius 2 is 2.10 bits per heavy atom. The van der Waals surface area contributed by atoms with Crippen LogP contribution in [-0.2, 0) is 27.4 Å². The summed E-state index contributed by atoms with van der Waals surface area (Å²) < 4.78 is 12.8. The van der Waals surface area contributed by atoms with Crippen LogP contribution in [0.25, 0.3) is 0 Å². The molecule has 0 N–H and O–H groups in total. The maximum atomic E-state index is 11.5.